The molecule has 1 aliphatic carbocycles. The molecule has 1 atom stereocenters. The summed E-state index contributed by atoms with van der Waals surface area (Å²) in [7, 11) is 0. The number of aromatic nitrogens is 2. The van der Waals surface area contributed by atoms with Gasteiger partial charge in [-0.2, -0.15) is 0 Å². The van der Waals surface area contributed by atoms with Crippen LogP contribution >= 0.6 is 11.6 Å². The number of rotatable bonds is 7. The first-order valence-corrected chi connectivity index (χ1v) is 9.41. The van der Waals surface area contributed by atoms with Crippen molar-refractivity contribution in [2.45, 2.75) is 45.1 Å². The van der Waals surface area contributed by atoms with Crippen molar-refractivity contribution < 1.29 is 9.53 Å². The number of ether oxygens (including phenoxy) is 1. The Morgan fingerprint density at radius 3 is 2.96 bits per heavy atom. The summed E-state index contributed by atoms with van der Waals surface area (Å²) in [5, 5.41) is 3.90. The van der Waals surface area contributed by atoms with Crippen molar-refractivity contribution >= 4 is 23.3 Å². The van der Waals surface area contributed by atoms with Crippen LogP contribution in [0.5, 0.6) is 0 Å². The fraction of sp³-hybridized carbons (Fsp3) is 0.450. The Hall–Kier alpha value is -1.98. The first-order chi connectivity index (χ1) is 12.5. The van der Waals surface area contributed by atoms with E-state index >= 15 is 0 Å². The summed E-state index contributed by atoms with van der Waals surface area (Å²) in [6, 6.07) is 7.71. The summed E-state index contributed by atoms with van der Waals surface area (Å²) < 4.78 is 5.52. The van der Waals surface area contributed by atoms with Crippen molar-refractivity contribution in [3.05, 3.63) is 52.3 Å². The fourth-order valence-electron chi connectivity index (χ4n) is 3.12. The van der Waals surface area contributed by atoms with Gasteiger partial charge in [0.05, 0.1) is 17.4 Å². The van der Waals surface area contributed by atoms with Crippen molar-refractivity contribution in [3.8, 4) is 0 Å². The highest BCUT2D eigenvalue weighted by atomic mass is 35.5. The zero-order valence-corrected chi connectivity index (χ0v) is 15.9. The van der Waals surface area contributed by atoms with Gasteiger partial charge in [-0.1, -0.05) is 23.7 Å². The highest BCUT2D eigenvalue weighted by molar-refractivity contribution is 6.30. The van der Waals surface area contributed by atoms with Crippen LogP contribution < -0.4 is 5.32 Å². The van der Waals surface area contributed by atoms with Gasteiger partial charge in [0.2, 0.25) is 5.95 Å². The van der Waals surface area contributed by atoms with Crippen LogP contribution in [0.1, 0.15) is 54.2 Å². The number of halogens is 1. The predicted octanol–water partition coefficient (Wildman–Crippen LogP) is 4.27. The lowest BCUT2D eigenvalue weighted by Crippen LogP contribution is -2.21. The molecule has 138 valence electrons. The Kier molecular flexibility index (Phi) is 6.22. The van der Waals surface area contributed by atoms with Gasteiger partial charge in [-0.15, -0.1) is 0 Å². The molecule has 0 bridgehead atoms. The van der Waals surface area contributed by atoms with Gasteiger partial charge in [-0.05, 0) is 50.3 Å². The Labute approximate surface area is 159 Å². The van der Waals surface area contributed by atoms with Gasteiger partial charge in [0.25, 0.3) is 0 Å². The van der Waals surface area contributed by atoms with Crippen LogP contribution in [-0.2, 0) is 11.2 Å². The normalized spacial score (nSPS) is 16.6. The molecule has 0 saturated heterocycles. The minimum atomic E-state index is 0.0908. The number of Topliss-reactive ketones (excluding diaryl/α,β-unsaturated/α-hetero) is 1. The van der Waals surface area contributed by atoms with E-state index in [2.05, 4.69) is 15.3 Å². The molecule has 1 unspecified atom stereocenters. The van der Waals surface area contributed by atoms with Gasteiger partial charge in [0.15, 0.2) is 5.78 Å². The monoisotopic (exact) mass is 373 g/mol. The minimum absolute atomic E-state index is 0.0908. The SMILES string of the molecule is CC(C)OCCCNc1ncc2c(n1)CC(c1cccc(Cl)c1)CC2=O. The highest BCUT2D eigenvalue weighted by Crippen LogP contribution is 2.32. The highest BCUT2D eigenvalue weighted by Gasteiger charge is 2.28. The van der Waals surface area contributed by atoms with Gasteiger partial charge in [-0.25, -0.2) is 9.97 Å². The number of hydrogen-bond donors (Lipinski definition) is 1. The molecule has 5 nitrogen and oxygen atoms in total. The van der Waals surface area contributed by atoms with Crippen molar-refractivity contribution in [2.75, 3.05) is 18.5 Å². The number of nitrogens with one attached hydrogen (secondary N) is 1. The molecule has 26 heavy (non-hydrogen) atoms. The van der Waals surface area contributed by atoms with Crippen molar-refractivity contribution in [3.63, 3.8) is 0 Å². The third-order valence-electron chi connectivity index (χ3n) is 4.42. The molecule has 6 heteroatoms. The van der Waals surface area contributed by atoms with Gasteiger partial charge in [-0.3, -0.25) is 4.79 Å². The molecule has 2 aromatic rings. The van der Waals surface area contributed by atoms with Gasteiger partial charge >= 0.3 is 0 Å². The number of anilines is 1. The van der Waals surface area contributed by atoms with Crippen LogP contribution in [0.2, 0.25) is 5.02 Å². The quantitative estimate of drug-likeness (QED) is 0.734. The molecule has 3 rings (SSSR count). The van der Waals surface area contributed by atoms with E-state index in [1.165, 1.54) is 0 Å². The number of carbonyl (C=O) groups excluding carboxylic acids is 1. The van der Waals surface area contributed by atoms with Gasteiger partial charge in [0, 0.05) is 30.8 Å². The summed E-state index contributed by atoms with van der Waals surface area (Å²) in [5.74, 6) is 0.761. The van der Waals surface area contributed by atoms with E-state index in [1.807, 2.05) is 38.1 Å². The van der Waals surface area contributed by atoms with E-state index in [4.69, 9.17) is 16.3 Å². The Balaban J connectivity index is 1.66. The average molecular weight is 374 g/mol. The first kappa shape index (κ1) is 18.8. The van der Waals surface area contributed by atoms with Crippen molar-refractivity contribution in [1.29, 1.82) is 0 Å². The average Bonchev–Trinajstić information content (AvgIpc) is 2.61. The number of fused-ring (bicyclic) bond motifs is 1. The number of ketones is 1. The lowest BCUT2D eigenvalue weighted by atomic mass is 9.82. The number of nitrogens with zero attached hydrogens (tertiary/aromatic N) is 2. The smallest absolute Gasteiger partial charge is 0.222 e. The zero-order valence-electron chi connectivity index (χ0n) is 15.2. The van der Waals surface area contributed by atoms with E-state index in [0.29, 0.717) is 29.6 Å². The lowest BCUT2D eigenvalue weighted by molar-refractivity contribution is 0.0787. The summed E-state index contributed by atoms with van der Waals surface area (Å²) >= 11 is 6.10. The van der Waals surface area contributed by atoms with E-state index in [9.17, 15) is 4.79 Å². The van der Waals surface area contributed by atoms with Crippen LogP contribution in [0, 0.1) is 0 Å². The van der Waals surface area contributed by atoms with E-state index in [-0.39, 0.29) is 17.8 Å². The van der Waals surface area contributed by atoms with E-state index in [0.717, 1.165) is 30.6 Å². The number of benzene rings is 1. The maximum atomic E-state index is 12.5. The maximum Gasteiger partial charge on any atom is 0.222 e. The first-order valence-electron chi connectivity index (χ1n) is 9.03. The molecule has 1 N–H and O–H groups in total. The lowest BCUT2D eigenvalue weighted by Gasteiger charge is -2.23. The molecule has 1 aromatic heterocycles. The largest absolute Gasteiger partial charge is 0.379 e. The second kappa shape index (κ2) is 8.60. The summed E-state index contributed by atoms with van der Waals surface area (Å²) in [5.41, 5.74) is 2.52. The van der Waals surface area contributed by atoms with Crippen LogP contribution in [0.4, 0.5) is 5.95 Å². The molecule has 0 amide bonds. The molecule has 1 aliphatic rings. The molecule has 0 saturated carbocycles. The van der Waals surface area contributed by atoms with Gasteiger partial charge < -0.3 is 10.1 Å². The minimum Gasteiger partial charge on any atom is -0.379 e. The molecule has 0 spiro atoms. The maximum absolute atomic E-state index is 12.5. The molecular formula is C20H24ClN3O2. The standard InChI is InChI=1S/C20H24ClN3O2/c1-13(2)26-8-4-7-22-20-23-12-17-18(24-20)10-15(11-19(17)25)14-5-3-6-16(21)9-14/h3,5-6,9,12-13,15H,4,7-8,10-11H2,1-2H3,(H,22,23,24). The second-order valence-electron chi connectivity index (χ2n) is 6.84. The zero-order chi connectivity index (χ0) is 18.5. The van der Waals surface area contributed by atoms with Crippen molar-refractivity contribution in [2.24, 2.45) is 0 Å². The van der Waals surface area contributed by atoms with Crippen LogP contribution in [-0.4, -0.2) is 35.0 Å². The second-order valence-corrected chi connectivity index (χ2v) is 7.27. The van der Waals surface area contributed by atoms with Gasteiger partial charge in [0.1, 0.15) is 0 Å². The fourth-order valence-corrected chi connectivity index (χ4v) is 3.32. The van der Waals surface area contributed by atoms with Crippen molar-refractivity contribution in [1.82, 2.24) is 9.97 Å². The molecular weight excluding hydrogens is 350 g/mol. The van der Waals surface area contributed by atoms with E-state index < -0.39 is 0 Å². The topological polar surface area (TPSA) is 64.1 Å². The molecule has 1 heterocycles. The third-order valence-corrected chi connectivity index (χ3v) is 4.65. The summed E-state index contributed by atoms with van der Waals surface area (Å²) in [6.07, 6.45) is 3.95. The van der Waals surface area contributed by atoms with E-state index in [1.54, 1.807) is 6.20 Å². The summed E-state index contributed by atoms with van der Waals surface area (Å²) in [6.45, 7) is 5.48. The molecule has 0 fully saturated rings. The Morgan fingerprint density at radius 1 is 1.35 bits per heavy atom. The van der Waals surface area contributed by atoms with Crippen LogP contribution in [0.3, 0.4) is 0 Å². The third kappa shape index (κ3) is 4.80. The molecule has 0 radical (unpaired) electrons. The Bertz CT molecular complexity index is 779. The van der Waals surface area contributed by atoms with Crippen LogP contribution in [0.25, 0.3) is 0 Å². The molecule has 1 aromatic carbocycles. The molecule has 0 aliphatic heterocycles. The Morgan fingerprint density at radius 2 is 2.19 bits per heavy atom. The summed E-state index contributed by atoms with van der Waals surface area (Å²) in [4.78, 5) is 21.3. The number of hydrogen-bond acceptors (Lipinski definition) is 5. The predicted molar refractivity (Wildman–Crippen MR) is 103 cm³/mol. The number of carbonyl (C=O) groups is 1. The van der Waals surface area contributed by atoms with Crippen LogP contribution in [0.15, 0.2) is 30.5 Å².